The topological polar surface area (TPSA) is 119 Å². The van der Waals surface area contributed by atoms with Crippen molar-refractivity contribution in [3.05, 3.63) is 48.6 Å². The van der Waals surface area contributed by atoms with Crippen molar-refractivity contribution >= 4 is 17.8 Å². The van der Waals surface area contributed by atoms with Crippen LogP contribution in [-0.2, 0) is 19.1 Å². The first-order valence-electron chi connectivity index (χ1n) is 25.5. The van der Waals surface area contributed by atoms with Crippen LogP contribution in [0.2, 0.25) is 0 Å². The van der Waals surface area contributed by atoms with Gasteiger partial charge in [-0.05, 0) is 96.4 Å². The summed E-state index contributed by atoms with van der Waals surface area (Å²) in [6.45, 7) is 4.85. The van der Waals surface area contributed by atoms with Crippen LogP contribution in [0.1, 0.15) is 251 Å². The maximum atomic E-state index is 12.9. The van der Waals surface area contributed by atoms with Crippen LogP contribution in [0.5, 0.6) is 0 Å². The quantitative estimate of drug-likeness (QED) is 0.0319. The second kappa shape index (κ2) is 47.4. The van der Waals surface area contributed by atoms with Gasteiger partial charge in [-0.3, -0.25) is 9.59 Å². The Balaban J connectivity index is 4.33. The van der Waals surface area contributed by atoms with Crippen molar-refractivity contribution in [1.82, 2.24) is 5.32 Å². The molecule has 0 heterocycles. The molecule has 2 unspecified atom stereocenters. The highest BCUT2D eigenvalue weighted by atomic mass is 16.5. The molecule has 0 saturated heterocycles. The van der Waals surface area contributed by atoms with E-state index in [-0.39, 0.29) is 18.0 Å². The third-order valence-electron chi connectivity index (χ3n) is 11.4. The van der Waals surface area contributed by atoms with Gasteiger partial charge in [-0.15, -0.1) is 0 Å². The molecule has 7 nitrogen and oxygen atoms in total. The van der Waals surface area contributed by atoms with Crippen molar-refractivity contribution in [3.8, 4) is 0 Å². The van der Waals surface area contributed by atoms with Gasteiger partial charge in [0.2, 0.25) is 5.91 Å². The van der Waals surface area contributed by atoms with Gasteiger partial charge in [0.15, 0.2) is 0 Å². The Bertz CT molecular complexity index is 1080. The first kappa shape index (κ1) is 57.3. The number of hydrogen-bond donors (Lipinski definition) is 3. The minimum atomic E-state index is -1.01. The van der Waals surface area contributed by atoms with Crippen LogP contribution in [0.4, 0.5) is 0 Å². The molecule has 0 aromatic carbocycles. The number of allylic oxidation sites excluding steroid dienone is 8. The summed E-state index contributed by atoms with van der Waals surface area (Å²) in [6.07, 6.45) is 58.8. The largest absolute Gasteiger partial charge is 0.480 e. The number of carbonyl (C=O) groups is 3. The standard InChI is InChI=1S/C53H96N2O5/c1-3-5-7-9-11-13-15-17-19-20-21-22-24-26-28-30-32-37-41-47-52(57)60-49(43-38-34-31-29-27-25-23-18-16-14-12-10-8-6-4-2)44-39-35-33-36-40-46-51(56)55-50(53(58)59)45-42-48-54/h6,8,12,14,18,23,27,29,49-50H,3-5,7,9-11,13,15-17,19-22,24-26,28,30-48,54H2,1-2H3,(H,55,56)(H,58,59)/b8-6-,14-12-,23-18-,29-27-. The van der Waals surface area contributed by atoms with E-state index in [0.717, 1.165) is 103 Å². The number of amides is 1. The van der Waals surface area contributed by atoms with Gasteiger partial charge >= 0.3 is 11.9 Å². The van der Waals surface area contributed by atoms with Crippen LogP contribution < -0.4 is 11.1 Å². The molecular formula is C53H96N2O5. The highest BCUT2D eigenvalue weighted by molar-refractivity contribution is 5.83. The van der Waals surface area contributed by atoms with E-state index in [1.807, 2.05) is 0 Å². The summed E-state index contributed by atoms with van der Waals surface area (Å²) >= 11 is 0. The number of nitrogens with one attached hydrogen (secondary N) is 1. The predicted molar refractivity (Wildman–Crippen MR) is 257 cm³/mol. The van der Waals surface area contributed by atoms with Crippen molar-refractivity contribution in [2.24, 2.45) is 5.73 Å². The van der Waals surface area contributed by atoms with E-state index >= 15 is 0 Å². The Labute approximate surface area is 370 Å². The Morgan fingerprint density at radius 3 is 1.38 bits per heavy atom. The van der Waals surface area contributed by atoms with E-state index in [2.05, 4.69) is 67.8 Å². The molecule has 0 saturated carbocycles. The fourth-order valence-corrected chi connectivity index (χ4v) is 7.62. The molecule has 0 aliphatic heterocycles. The molecule has 0 rings (SSSR count). The zero-order chi connectivity index (χ0) is 43.8. The molecule has 0 radical (unpaired) electrons. The van der Waals surface area contributed by atoms with E-state index in [1.54, 1.807) is 0 Å². The van der Waals surface area contributed by atoms with Gasteiger partial charge in [0, 0.05) is 12.8 Å². The van der Waals surface area contributed by atoms with Crippen molar-refractivity contribution in [1.29, 1.82) is 0 Å². The number of nitrogens with two attached hydrogens (primary N) is 1. The molecule has 1 amide bonds. The van der Waals surface area contributed by atoms with E-state index < -0.39 is 12.0 Å². The lowest BCUT2D eigenvalue weighted by Crippen LogP contribution is -2.40. The van der Waals surface area contributed by atoms with Crippen molar-refractivity contribution in [2.75, 3.05) is 6.54 Å². The van der Waals surface area contributed by atoms with Crippen LogP contribution in [0, 0.1) is 0 Å². The van der Waals surface area contributed by atoms with E-state index in [0.29, 0.717) is 32.2 Å². The number of carbonyl (C=O) groups excluding carboxylic acids is 2. The van der Waals surface area contributed by atoms with Gasteiger partial charge < -0.3 is 20.9 Å². The van der Waals surface area contributed by atoms with Gasteiger partial charge in [-0.25, -0.2) is 4.79 Å². The summed E-state index contributed by atoms with van der Waals surface area (Å²) in [5, 5.41) is 12.0. The fourth-order valence-electron chi connectivity index (χ4n) is 7.62. The van der Waals surface area contributed by atoms with Crippen LogP contribution in [0.15, 0.2) is 48.6 Å². The molecule has 4 N–H and O–H groups in total. The van der Waals surface area contributed by atoms with Crippen molar-refractivity contribution in [3.63, 3.8) is 0 Å². The maximum Gasteiger partial charge on any atom is 0.326 e. The van der Waals surface area contributed by atoms with E-state index in [9.17, 15) is 19.5 Å². The Morgan fingerprint density at radius 2 is 0.917 bits per heavy atom. The highest BCUT2D eigenvalue weighted by Gasteiger charge is 2.19. The van der Waals surface area contributed by atoms with Gasteiger partial charge in [-0.1, -0.05) is 197 Å². The highest BCUT2D eigenvalue weighted by Crippen LogP contribution is 2.19. The summed E-state index contributed by atoms with van der Waals surface area (Å²) in [5.74, 6) is -1.25. The molecule has 348 valence electrons. The number of esters is 1. The molecule has 0 aliphatic carbocycles. The van der Waals surface area contributed by atoms with Gasteiger partial charge in [0.1, 0.15) is 12.1 Å². The lowest BCUT2D eigenvalue weighted by atomic mass is 10.0. The smallest absolute Gasteiger partial charge is 0.326 e. The second-order valence-electron chi connectivity index (χ2n) is 17.2. The number of ether oxygens (including phenoxy) is 1. The first-order valence-corrected chi connectivity index (χ1v) is 25.5. The summed E-state index contributed by atoms with van der Waals surface area (Å²) in [6, 6.07) is -0.863. The molecule has 0 bridgehead atoms. The minimum Gasteiger partial charge on any atom is -0.480 e. The monoisotopic (exact) mass is 841 g/mol. The lowest BCUT2D eigenvalue weighted by Gasteiger charge is -2.18. The van der Waals surface area contributed by atoms with Crippen LogP contribution in [0.25, 0.3) is 0 Å². The molecular weight excluding hydrogens is 745 g/mol. The molecule has 0 aliphatic rings. The second-order valence-corrected chi connectivity index (χ2v) is 17.2. The SMILES string of the molecule is CC/C=C\C/C=C\C/C=C\C/C=C\CCCCC(CCCCCCCC(=O)NC(CCCN)C(=O)O)OC(=O)CCCCCCCCCCCCCCCCCCCCC. The number of aliphatic carboxylic acids is 1. The van der Waals surface area contributed by atoms with Crippen molar-refractivity contribution in [2.45, 2.75) is 264 Å². The van der Waals surface area contributed by atoms with Crippen LogP contribution >= 0.6 is 0 Å². The maximum absolute atomic E-state index is 12.9. The summed E-state index contributed by atoms with van der Waals surface area (Å²) < 4.78 is 6.07. The zero-order valence-electron chi connectivity index (χ0n) is 39.3. The number of unbranched alkanes of at least 4 members (excludes halogenated alkanes) is 24. The summed E-state index contributed by atoms with van der Waals surface area (Å²) in [4.78, 5) is 36.5. The third kappa shape index (κ3) is 43.4. The molecule has 0 spiro atoms. The van der Waals surface area contributed by atoms with Crippen molar-refractivity contribution < 1.29 is 24.2 Å². The average molecular weight is 841 g/mol. The number of hydrogen-bond acceptors (Lipinski definition) is 5. The fraction of sp³-hybridized carbons (Fsp3) is 0.792. The molecule has 0 aromatic rings. The first-order chi connectivity index (χ1) is 29.4. The molecule has 0 fully saturated rings. The van der Waals surface area contributed by atoms with Crippen LogP contribution in [0.3, 0.4) is 0 Å². The zero-order valence-corrected chi connectivity index (χ0v) is 39.3. The number of rotatable bonds is 46. The van der Waals surface area contributed by atoms with E-state index in [4.69, 9.17) is 10.5 Å². The Kier molecular flexibility index (Phi) is 45.3. The molecule has 2 atom stereocenters. The number of carboxylic acid groups (broad SMARTS) is 1. The van der Waals surface area contributed by atoms with E-state index in [1.165, 1.54) is 109 Å². The van der Waals surface area contributed by atoms with Gasteiger partial charge in [0.25, 0.3) is 0 Å². The number of carboxylic acids is 1. The Hall–Kier alpha value is -2.67. The molecule has 0 aromatic heterocycles. The predicted octanol–water partition coefficient (Wildman–Crippen LogP) is 15.1. The molecule has 7 heteroatoms. The summed E-state index contributed by atoms with van der Waals surface area (Å²) in [7, 11) is 0. The third-order valence-corrected chi connectivity index (χ3v) is 11.4. The lowest BCUT2D eigenvalue weighted by molar-refractivity contribution is -0.150. The summed E-state index contributed by atoms with van der Waals surface area (Å²) in [5.41, 5.74) is 5.50. The van der Waals surface area contributed by atoms with Gasteiger partial charge in [-0.2, -0.15) is 0 Å². The van der Waals surface area contributed by atoms with Crippen LogP contribution in [-0.4, -0.2) is 41.6 Å². The van der Waals surface area contributed by atoms with Gasteiger partial charge in [0.05, 0.1) is 0 Å². The average Bonchev–Trinajstić information content (AvgIpc) is 3.23. The normalized spacial score (nSPS) is 13.0. The molecule has 60 heavy (non-hydrogen) atoms. The Morgan fingerprint density at radius 1 is 0.500 bits per heavy atom. The minimum absolute atomic E-state index is 0.0255.